The molecule has 1 fully saturated rings. The van der Waals surface area contributed by atoms with E-state index in [-0.39, 0.29) is 17.6 Å². The van der Waals surface area contributed by atoms with Gasteiger partial charge in [-0.2, -0.15) is 0 Å². The number of hydrogen-bond donors (Lipinski definition) is 1. The van der Waals surface area contributed by atoms with Crippen molar-refractivity contribution < 1.29 is 9.18 Å². The number of carbonyl (C=O) groups is 1. The molecule has 1 heterocycles. The van der Waals surface area contributed by atoms with Crippen molar-refractivity contribution in [2.75, 3.05) is 5.32 Å². The van der Waals surface area contributed by atoms with Crippen LogP contribution in [0.4, 0.5) is 10.1 Å². The van der Waals surface area contributed by atoms with Crippen LogP contribution in [0.25, 0.3) is 10.9 Å². The van der Waals surface area contributed by atoms with Crippen LogP contribution < -0.4 is 5.32 Å². The van der Waals surface area contributed by atoms with E-state index < -0.39 is 0 Å². The first-order valence-corrected chi connectivity index (χ1v) is 10.6. The molecule has 29 heavy (non-hydrogen) atoms. The SMILES string of the molecule is CC[C@H](C(=O)Nc1ccc(F)cc1)[C@H]1CC[C@H](c2ccnc3ccccc32)CC1. The van der Waals surface area contributed by atoms with Crippen LogP contribution in [0.3, 0.4) is 0 Å². The Morgan fingerprint density at radius 1 is 1.07 bits per heavy atom. The van der Waals surface area contributed by atoms with E-state index in [0.717, 1.165) is 37.6 Å². The van der Waals surface area contributed by atoms with Crippen molar-refractivity contribution in [3.63, 3.8) is 0 Å². The van der Waals surface area contributed by atoms with E-state index >= 15 is 0 Å². The summed E-state index contributed by atoms with van der Waals surface area (Å²) in [4.78, 5) is 17.3. The molecule has 150 valence electrons. The standard InChI is InChI=1S/C25H27FN2O/c1-2-21(25(29)28-20-13-11-19(26)12-14-20)17-7-9-18(10-8-17)22-15-16-27-24-6-4-3-5-23(22)24/h3-6,11-18,21H,2,7-10H2,1H3,(H,28,29)/t17-,18-,21-/m0/s1. The van der Waals surface area contributed by atoms with Crippen LogP contribution in [-0.2, 0) is 4.79 Å². The Hall–Kier alpha value is -2.75. The minimum atomic E-state index is -0.294. The molecule has 0 unspecified atom stereocenters. The van der Waals surface area contributed by atoms with Crippen molar-refractivity contribution in [2.24, 2.45) is 11.8 Å². The highest BCUT2D eigenvalue weighted by Crippen LogP contribution is 2.41. The molecule has 4 rings (SSSR count). The Morgan fingerprint density at radius 3 is 2.52 bits per heavy atom. The highest BCUT2D eigenvalue weighted by molar-refractivity contribution is 5.92. The van der Waals surface area contributed by atoms with Gasteiger partial charge in [-0.15, -0.1) is 0 Å². The third-order valence-electron chi connectivity index (χ3n) is 6.35. The van der Waals surface area contributed by atoms with Crippen molar-refractivity contribution >= 4 is 22.5 Å². The molecule has 0 spiro atoms. The molecule has 1 N–H and O–H groups in total. The molecule has 1 aromatic heterocycles. The summed E-state index contributed by atoms with van der Waals surface area (Å²) in [6, 6.07) is 16.5. The molecule has 2 aromatic carbocycles. The Balaban J connectivity index is 1.42. The van der Waals surface area contributed by atoms with Crippen LogP contribution in [0, 0.1) is 17.7 Å². The van der Waals surface area contributed by atoms with Crippen molar-refractivity contribution in [1.29, 1.82) is 0 Å². The lowest BCUT2D eigenvalue weighted by Crippen LogP contribution is -2.31. The molecular formula is C25H27FN2O. The van der Waals surface area contributed by atoms with Gasteiger partial charge in [0.1, 0.15) is 5.82 Å². The van der Waals surface area contributed by atoms with Gasteiger partial charge in [-0.05, 0) is 85.9 Å². The molecule has 1 saturated carbocycles. The van der Waals surface area contributed by atoms with E-state index in [1.165, 1.54) is 23.1 Å². The van der Waals surface area contributed by atoms with Gasteiger partial charge in [0.05, 0.1) is 5.52 Å². The van der Waals surface area contributed by atoms with Crippen LogP contribution in [0.1, 0.15) is 50.5 Å². The number of fused-ring (bicyclic) bond motifs is 1. The fraction of sp³-hybridized carbons (Fsp3) is 0.360. The van der Waals surface area contributed by atoms with Gasteiger partial charge in [-0.25, -0.2) is 4.39 Å². The summed E-state index contributed by atoms with van der Waals surface area (Å²) in [5, 5.41) is 4.22. The maximum Gasteiger partial charge on any atom is 0.227 e. The molecule has 1 aliphatic carbocycles. The van der Waals surface area contributed by atoms with Crippen LogP contribution in [0.2, 0.25) is 0 Å². The van der Waals surface area contributed by atoms with Gasteiger partial charge in [0.2, 0.25) is 5.91 Å². The first-order chi connectivity index (χ1) is 14.2. The van der Waals surface area contributed by atoms with Gasteiger partial charge < -0.3 is 5.32 Å². The lowest BCUT2D eigenvalue weighted by atomic mass is 9.72. The molecule has 3 nitrogen and oxygen atoms in total. The normalized spacial score (nSPS) is 20.3. The number of anilines is 1. The molecule has 0 saturated heterocycles. The molecule has 0 aliphatic heterocycles. The third kappa shape index (κ3) is 4.31. The summed E-state index contributed by atoms with van der Waals surface area (Å²) in [6.45, 7) is 2.08. The smallest absolute Gasteiger partial charge is 0.227 e. The van der Waals surface area contributed by atoms with Gasteiger partial charge in [0, 0.05) is 23.2 Å². The van der Waals surface area contributed by atoms with Crippen LogP contribution in [-0.4, -0.2) is 10.9 Å². The number of aromatic nitrogens is 1. The minimum Gasteiger partial charge on any atom is -0.326 e. The molecule has 1 aliphatic rings. The Kier molecular flexibility index (Phi) is 5.89. The van der Waals surface area contributed by atoms with Crippen LogP contribution in [0.5, 0.6) is 0 Å². The van der Waals surface area contributed by atoms with Gasteiger partial charge in [0.15, 0.2) is 0 Å². The first-order valence-electron chi connectivity index (χ1n) is 10.6. The number of hydrogen-bond acceptors (Lipinski definition) is 2. The number of nitrogens with one attached hydrogen (secondary N) is 1. The number of para-hydroxylation sites is 1. The number of benzene rings is 2. The minimum absolute atomic E-state index is 0.00446. The summed E-state index contributed by atoms with van der Waals surface area (Å²) < 4.78 is 13.1. The molecule has 3 aromatic rings. The first kappa shape index (κ1) is 19.6. The molecule has 4 heteroatoms. The summed E-state index contributed by atoms with van der Waals surface area (Å²) in [6.07, 6.45) is 7.03. The monoisotopic (exact) mass is 390 g/mol. The van der Waals surface area contributed by atoms with Gasteiger partial charge in [-0.1, -0.05) is 25.1 Å². The van der Waals surface area contributed by atoms with E-state index in [1.54, 1.807) is 12.1 Å². The van der Waals surface area contributed by atoms with Crippen molar-refractivity contribution in [2.45, 2.75) is 44.9 Å². The predicted octanol–water partition coefficient (Wildman–Crippen LogP) is 6.31. The summed E-state index contributed by atoms with van der Waals surface area (Å²) in [5.74, 6) is 0.672. The highest BCUT2D eigenvalue weighted by Gasteiger charge is 2.32. The average Bonchev–Trinajstić information content (AvgIpc) is 2.76. The Bertz CT molecular complexity index is 972. The number of pyridine rings is 1. The molecule has 0 radical (unpaired) electrons. The third-order valence-corrected chi connectivity index (χ3v) is 6.35. The zero-order valence-corrected chi connectivity index (χ0v) is 16.8. The van der Waals surface area contributed by atoms with E-state index in [9.17, 15) is 9.18 Å². The lowest BCUT2D eigenvalue weighted by Gasteiger charge is -2.33. The van der Waals surface area contributed by atoms with E-state index in [4.69, 9.17) is 0 Å². The maximum atomic E-state index is 13.1. The number of halogens is 1. The van der Waals surface area contributed by atoms with Crippen molar-refractivity contribution in [3.8, 4) is 0 Å². The highest BCUT2D eigenvalue weighted by atomic mass is 19.1. The van der Waals surface area contributed by atoms with Gasteiger partial charge in [-0.3, -0.25) is 9.78 Å². The number of amides is 1. The van der Waals surface area contributed by atoms with Crippen LogP contribution >= 0.6 is 0 Å². The summed E-state index contributed by atoms with van der Waals surface area (Å²) >= 11 is 0. The fourth-order valence-electron chi connectivity index (χ4n) is 4.81. The van der Waals surface area contributed by atoms with Crippen molar-refractivity contribution in [1.82, 2.24) is 4.98 Å². The zero-order valence-electron chi connectivity index (χ0n) is 16.8. The Labute approximate surface area is 171 Å². The molecule has 1 amide bonds. The van der Waals surface area contributed by atoms with Gasteiger partial charge >= 0.3 is 0 Å². The second kappa shape index (κ2) is 8.73. The second-order valence-corrected chi connectivity index (χ2v) is 8.04. The van der Waals surface area contributed by atoms with E-state index in [1.807, 2.05) is 12.3 Å². The second-order valence-electron chi connectivity index (χ2n) is 8.04. The number of carbonyl (C=O) groups excluding carboxylic acids is 1. The molecule has 1 atom stereocenters. The topological polar surface area (TPSA) is 42.0 Å². The van der Waals surface area contributed by atoms with Gasteiger partial charge in [0.25, 0.3) is 0 Å². The summed E-state index contributed by atoms with van der Waals surface area (Å²) in [5.41, 5.74) is 3.10. The molecular weight excluding hydrogens is 363 g/mol. The van der Waals surface area contributed by atoms with Crippen molar-refractivity contribution in [3.05, 3.63) is 72.2 Å². The number of nitrogens with zero attached hydrogens (tertiary/aromatic N) is 1. The number of rotatable bonds is 5. The maximum absolute atomic E-state index is 13.1. The lowest BCUT2D eigenvalue weighted by molar-refractivity contribution is -0.122. The average molecular weight is 391 g/mol. The van der Waals surface area contributed by atoms with E-state index in [0.29, 0.717) is 17.5 Å². The molecule has 0 bridgehead atoms. The Morgan fingerprint density at radius 2 is 1.79 bits per heavy atom. The summed E-state index contributed by atoms with van der Waals surface area (Å²) in [7, 11) is 0. The quantitative estimate of drug-likeness (QED) is 0.554. The largest absolute Gasteiger partial charge is 0.326 e. The van der Waals surface area contributed by atoms with E-state index in [2.05, 4.69) is 41.5 Å². The zero-order chi connectivity index (χ0) is 20.2. The van der Waals surface area contributed by atoms with Crippen LogP contribution in [0.15, 0.2) is 60.8 Å². The fourth-order valence-corrected chi connectivity index (χ4v) is 4.81. The predicted molar refractivity (Wildman–Crippen MR) is 115 cm³/mol.